The van der Waals surface area contributed by atoms with E-state index in [-0.39, 0.29) is 42.2 Å². The molecule has 2 rings (SSSR count). The van der Waals surface area contributed by atoms with Crippen LogP contribution < -0.4 is 5.73 Å². The van der Waals surface area contributed by atoms with Crippen LogP contribution in [0.1, 0.15) is 48.8 Å². The van der Waals surface area contributed by atoms with E-state index in [0.717, 1.165) is 22.9 Å². The van der Waals surface area contributed by atoms with Crippen LogP contribution in [0.5, 0.6) is 0 Å². The van der Waals surface area contributed by atoms with Crippen molar-refractivity contribution in [2.75, 3.05) is 13.1 Å². The molecule has 1 aromatic rings. The predicted octanol–water partition coefficient (Wildman–Crippen LogP) is 3.09. The Labute approximate surface area is 143 Å². The van der Waals surface area contributed by atoms with Crippen molar-refractivity contribution in [3.8, 4) is 0 Å². The van der Waals surface area contributed by atoms with E-state index in [9.17, 15) is 4.79 Å². The van der Waals surface area contributed by atoms with Crippen LogP contribution in [0.15, 0.2) is 6.20 Å². The zero-order valence-corrected chi connectivity index (χ0v) is 15.4. The van der Waals surface area contributed by atoms with Gasteiger partial charge in [0.25, 0.3) is 5.91 Å². The first-order chi connectivity index (χ1) is 8.82. The van der Waals surface area contributed by atoms with Crippen molar-refractivity contribution >= 4 is 42.1 Å². The largest absolute Gasteiger partial charge is 0.335 e. The molecule has 2 N–H and O–H groups in total. The lowest BCUT2D eigenvalue weighted by molar-refractivity contribution is 0.0748. The average molecular weight is 354 g/mol. The second kappa shape index (κ2) is 7.77. The zero-order chi connectivity index (χ0) is 14.2. The summed E-state index contributed by atoms with van der Waals surface area (Å²) in [6.45, 7) is 9.87. The number of aromatic nitrogens is 1. The van der Waals surface area contributed by atoms with Crippen LogP contribution in [0.4, 0.5) is 0 Å². The van der Waals surface area contributed by atoms with Gasteiger partial charge >= 0.3 is 0 Å². The van der Waals surface area contributed by atoms with Crippen LogP contribution in [0.2, 0.25) is 0 Å². The molecule has 0 saturated carbocycles. The van der Waals surface area contributed by atoms with Gasteiger partial charge in [0.05, 0.1) is 11.2 Å². The molecule has 1 fully saturated rings. The third-order valence-electron chi connectivity index (χ3n) is 3.61. The lowest BCUT2D eigenvalue weighted by Crippen LogP contribution is -2.33. The van der Waals surface area contributed by atoms with E-state index in [1.807, 2.05) is 4.90 Å². The molecule has 0 radical (unpaired) electrons. The smallest absolute Gasteiger partial charge is 0.265 e. The first kappa shape index (κ1) is 20.6. The maximum absolute atomic E-state index is 12.5. The van der Waals surface area contributed by atoms with E-state index in [0.29, 0.717) is 12.5 Å². The summed E-state index contributed by atoms with van der Waals surface area (Å²) in [6.07, 6.45) is 2.73. The summed E-state index contributed by atoms with van der Waals surface area (Å²) in [7, 11) is 0. The minimum atomic E-state index is -0.000381. The van der Waals surface area contributed by atoms with Gasteiger partial charge in [0.15, 0.2) is 0 Å². The fourth-order valence-electron chi connectivity index (χ4n) is 2.46. The second-order valence-corrected chi connectivity index (χ2v) is 7.45. The maximum atomic E-state index is 12.5. The summed E-state index contributed by atoms with van der Waals surface area (Å²) in [5, 5.41) is 1.01. The van der Waals surface area contributed by atoms with Gasteiger partial charge < -0.3 is 10.6 Å². The highest BCUT2D eigenvalue weighted by Gasteiger charge is 2.33. The van der Waals surface area contributed by atoms with Gasteiger partial charge in [-0.25, -0.2) is 4.98 Å². The molecule has 1 amide bonds. The average Bonchev–Trinajstić information content (AvgIpc) is 2.93. The minimum absolute atomic E-state index is 0. The Balaban J connectivity index is 0.00000200. The monoisotopic (exact) mass is 353 g/mol. The molecule has 1 aliphatic heterocycles. The third-order valence-corrected chi connectivity index (χ3v) is 5.02. The Kier molecular flexibility index (Phi) is 7.63. The zero-order valence-electron chi connectivity index (χ0n) is 13.0. The highest BCUT2D eigenvalue weighted by Crippen LogP contribution is 2.30. The van der Waals surface area contributed by atoms with Crippen molar-refractivity contribution in [1.29, 1.82) is 0 Å². The van der Waals surface area contributed by atoms with Gasteiger partial charge in [-0.15, -0.1) is 36.2 Å². The number of rotatable bonds is 2. The highest BCUT2D eigenvalue weighted by atomic mass is 35.5. The van der Waals surface area contributed by atoms with Crippen molar-refractivity contribution in [2.24, 2.45) is 11.7 Å². The standard InChI is InChI=1S/C14H23N3OS.2ClH/c1-9-5-10(6-15)8-17(9)12(18)11-7-16-13(19-11)14(2,3)4;;/h7,9-10H,5-6,8,15H2,1-4H3;2*1H. The van der Waals surface area contributed by atoms with Crippen molar-refractivity contribution in [1.82, 2.24) is 9.88 Å². The van der Waals surface area contributed by atoms with Gasteiger partial charge in [-0.2, -0.15) is 0 Å². The number of hydrogen-bond acceptors (Lipinski definition) is 4. The normalized spacial score (nSPS) is 21.7. The Morgan fingerprint density at radius 2 is 2.10 bits per heavy atom. The Morgan fingerprint density at radius 3 is 2.52 bits per heavy atom. The van der Waals surface area contributed by atoms with Crippen LogP contribution >= 0.6 is 36.2 Å². The topological polar surface area (TPSA) is 59.2 Å². The number of nitrogens with zero attached hydrogens (tertiary/aromatic N) is 2. The van der Waals surface area contributed by atoms with E-state index in [1.54, 1.807) is 6.20 Å². The number of hydrogen-bond donors (Lipinski definition) is 1. The van der Waals surface area contributed by atoms with Crippen LogP contribution in [0, 0.1) is 5.92 Å². The van der Waals surface area contributed by atoms with E-state index in [2.05, 4.69) is 32.7 Å². The van der Waals surface area contributed by atoms with Gasteiger partial charge in [-0.05, 0) is 25.8 Å². The molecule has 1 saturated heterocycles. The summed E-state index contributed by atoms with van der Waals surface area (Å²) in [5.41, 5.74) is 5.71. The lowest BCUT2D eigenvalue weighted by Gasteiger charge is -2.20. The summed E-state index contributed by atoms with van der Waals surface area (Å²) < 4.78 is 0. The SMILES string of the molecule is CC1CC(CN)CN1C(=O)c1cnc(C(C)(C)C)s1.Cl.Cl. The molecule has 2 atom stereocenters. The number of likely N-dealkylation sites (tertiary alicyclic amines) is 1. The molecule has 0 bridgehead atoms. The van der Waals surface area contributed by atoms with Crippen molar-refractivity contribution < 1.29 is 4.79 Å². The fraction of sp³-hybridized carbons (Fsp3) is 0.714. The Hall–Kier alpha value is -0.360. The molecule has 1 aliphatic rings. The summed E-state index contributed by atoms with van der Waals surface area (Å²) >= 11 is 1.51. The highest BCUT2D eigenvalue weighted by molar-refractivity contribution is 7.13. The van der Waals surface area contributed by atoms with E-state index in [1.165, 1.54) is 11.3 Å². The quantitative estimate of drug-likeness (QED) is 0.888. The second-order valence-electron chi connectivity index (χ2n) is 6.42. The van der Waals surface area contributed by atoms with Gasteiger partial charge in [-0.3, -0.25) is 4.79 Å². The maximum Gasteiger partial charge on any atom is 0.265 e. The summed E-state index contributed by atoms with van der Waals surface area (Å²) in [5.74, 6) is 0.547. The predicted molar refractivity (Wildman–Crippen MR) is 93.0 cm³/mol. The molecule has 0 aliphatic carbocycles. The molecule has 0 spiro atoms. The fourth-order valence-corrected chi connectivity index (χ4v) is 3.39. The van der Waals surface area contributed by atoms with Gasteiger partial charge in [0.2, 0.25) is 0 Å². The van der Waals surface area contributed by atoms with Crippen LogP contribution in [-0.2, 0) is 5.41 Å². The molecule has 0 aromatic carbocycles. The van der Waals surface area contributed by atoms with Crippen LogP contribution in [-0.4, -0.2) is 34.9 Å². The molecule has 7 heteroatoms. The third kappa shape index (κ3) is 4.55. The van der Waals surface area contributed by atoms with Gasteiger partial charge in [0, 0.05) is 18.0 Å². The lowest BCUT2D eigenvalue weighted by atomic mass is 9.98. The first-order valence-electron chi connectivity index (χ1n) is 6.80. The number of carbonyl (C=O) groups is 1. The van der Waals surface area contributed by atoms with Crippen molar-refractivity contribution in [2.45, 2.75) is 45.6 Å². The molecule has 2 heterocycles. The van der Waals surface area contributed by atoms with Crippen LogP contribution in [0.3, 0.4) is 0 Å². The molecular weight excluding hydrogens is 329 g/mol. The van der Waals surface area contributed by atoms with Gasteiger partial charge in [-0.1, -0.05) is 20.8 Å². The van der Waals surface area contributed by atoms with E-state index < -0.39 is 0 Å². The Bertz CT molecular complexity index is 473. The van der Waals surface area contributed by atoms with Crippen molar-refractivity contribution in [3.63, 3.8) is 0 Å². The van der Waals surface area contributed by atoms with Crippen LogP contribution in [0.25, 0.3) is 0 Å². The van der Waals surface area contributed by atoms with Gasteiger partial charge in [0.1, 0.15) is 4.88 Å². The number of halogens is 2. The molecule has 2 unspecified atom stereocenters. The number of nitrogens with two attached hydrogens (primary N) is 1. The molecular formula is C14H25Cl2N3OS. The molecule has 21 heavy (non-hydrogen) atoms. The molecule has 1 aromatic heterocycles. The van der Waals surface area contributed by atoms with E-state index in [4.69, 9.17) is 5.73 Å². The summed E-state index contributed by atoms with van der Waals surface area (Å²) in [4.78, 5) is 19.6. The minimum Gasteiger partial charge on any atom is -0.335 e. The van der Waals surface area contributed by atoms with E-state index >= 15 is 0 Å². The first-order valence-corrected chi connectivity index (χ1v) is 7.62. The summed E-state index contributed by atoms with van der Waals surface area (Å²) in [6, 6.07) is 0.279. The number of thiazole rings is 1. The number of carbonyl (C=O) groups excluding carboxylic acids is 1. The molecule has 122 valence electrons. The van der Waals surface area contributed by atoms with Crippen molar-refractivity contribution in [3.05, 3.63) is 16.1 Å². The Morgan fingerprint density at radius 1 is 1.48 bits per heavy atom. The molecule has 4 nitrogen and oxygen atoms in total. The number of amides is 1.